The van der Waals surface area contributed by atoms with E-state index in [1.165, 1.54) is 44.5 Å². The second-order valence-corrected chi connectivity index (χ2v) is 5.87. The molecule has 1 aliphatic heterocycles. The van der Waals surface area contributed by atoms with Crippen molar-refractivity contribution in [3.63, 3.8) is 0 Å². The highest BCUT2D eigenvalue weighted by Gasteiger charge is 2.09. The maximum absolute atomic E-state index is 11.7. The van der Waals surface area contributed by atoms with Crippen molar-refractivity contribution >= 4 is 12.0 Å². The number of hydrogen-bond acceptors (Lipinski definition) is 3. The first-order valence-corrected chi connectivity index (χ1v) is 8.21. The third-order valence-corrected chi connectivity index (χ3v) is 4.04. The molecule has 0 spiro atoms. The van der Waals surface area contributed by atoms with Crippen LogP contribution in [0.4, 0.5) is 4.79 Å². The lowest BCUT2D eigenvalue weighted by atomic mass is 10.1. The zero-order chi connectivity index (χ0) is 16.5. The van der Waals surface area contributed by atoms with Gasteiger partial charge in [-0.15, -0.1) is 0 Å². The van der Waals surface area contributed by atoms with Gasteiger partial charge in [0.2, 0.25) is 0 Å². The highest BCUT2D eigenvalue weighted by atomic mass is 16.4. The molecule has 0 bridgehead atoms. The fourth-order valence-electron chi connectivity index (χ4n) is 2.70. The number of carbonyl (C=O) groups is 2. The number of likely N-dealkylation sites (tertiary alicyclic amines) is 1. The first kappa shape index (κ1) is 17.3. The van der Waals surface area contributed by atoms with Crippen molar-refractivity contribution in [1.82, 2.24) is 15.5 Å². The average Bonchev–Trinajstić information content (AvgIpc) is 2.58. The molecule has 2 amide bonds. The van der Waals surface area contributed by atoms with Gasteiger partial charge in [0.15, 0.2) is 0 Å². The van der Waals surface area contributed by atoms with Gasteiger partial charge >= 0.3 is 12.0 Å². The molecule has 0 aromatic heterocycles. The molecule has 1 fully saturated rings. The van der Waals surface area contributed by atoms with Gasteiger partial charge in [-0.3, -0.25) is 0 Å². The van der Waals surface area contributed by atoms with Crippen LogP contribution in [0.25, 0.3) is 0 Å². The maximum atomic E-state index is 11.7. The van der Waals surface area contributed by atoms with Gasteiger partial charge in [0.25, 0.3) is 0 Å². The summed E-state index contributed by atoms with van der Waals surface area (Å²) in [6.45, 7) is 4.45. The van der Waals surface area contributed by atoms with Gasteiger partial charge in [0, 0.05) is 13.1 Å². The predicted molar refractivity (Wildman–Crippen MR) is 88.5 cm³/mol. The number of piperidine rings is 1. The van der Waals surface area contributed by atoms with E-state index in [4.69, 9.17) is 5.11 Å². The summed E-state index contributed by atoms with van der Waals surface area (Å²) in [5.74, 6) is -0.948. The lowest BCUT2D eigenvalue weighted by Gasteiger charge is -2.26. The summed E-state index contributed by atoms with van der Waals surface area (Å²) in [5.41, 5.74) is 1.12. The van der Waals surface area contributed by atoms with Crippen molar-refractivity contribution in [2.24, 2.45) is 0 Å². The second kappa shape index (κ2) is 9.15. The number of carbonyl (C=O) groups excluding carboxylic acids is 1. The molecule has 6 nitrogen and oxygen atoms in total. The number of nitrogens with one attached hydrogen (secondary N) is 2. The summed E-state index contributed by atoms with van der Waals surface area (Å²) in [4.78, 5) is 24.9. The summed E-state index contributed by atoms with van der Waals surface area (Å²) in [6.07, 6.45) is 4.87. The monoisotopic (exact) mass is 319 g/mol. The van der Waals surface area contributed by atoms with Crippen LogP contribution >= 0.6 is 0 Å². The Morgan fingerprint density at radius 3 is 2.39 bits per heavy atom. The normalized spacial score (nSPS) is 15.1. The van der Waals surface area contributed by atoms with Crippen molar-refractivity contribution in [1.29, 1.82) is 0 Å². The first-order valence-electron chi connectivity index (χ1n) is 8.21. The third-order valence-electron chi connectivity index (χ3n) is 4.04. The Balaban J connectivity index is 1.58. The van der Waals surface area contributed by atoms with Crippen molar-refractivity contribution in [3.8, 4) is 0 Å². The Morgan fingerprint density at radius 1 is 1.04 bits per heavy atom. The molecule has 0 aliphatic carbocycles. The molecule has 1 aromatic carbocycles. The lowest BCUT2D eigenvalue weighted by Crippen LogP contribution is -2.37. The number of carboxylic acids is 1. The van der Waals surface area contributed by atoms with E-state index in [9.17, 15) is 9.59 Å². The Morgan fingerprint density at radius 2 is 1.74 bits per heavy atom. The molecule has 0 radical (unpaired) electrons. The number of carboxylic acid groups (broad SMARTS) is 1. The molecule has 1 aromatic rings. The number of rotatable bonds is 7. The van der Waals surface area contributed by atoms with Crippen LogP contribution in [0.2, 0.25) is 0 Å². The van der Waals surface area contributed by atoms with Crippen LogP contribution < -0.4 is 10.6 Å². The van der Waals surface area contributed by atoms with Gasteiger partial charge in [-0.1, -0.05) is 18.6 Å². The van der Waals surface area contributed by atoms with Crippen molar-refractivity contribution < 1.29 is 14.7 Å². The van der Waals surface area contributed by atoms with Crippen LogP contribution in [0.15, 0.2) is 24.3 Å². The zero-order valence-electron chi connectivity index (χ0n) is 13.4. The van der Waals surface area contributed by atoms with E-state index in [1.807, 2.05) is 0 Å². The van der Waals surface area contributed by atoms with E-state index in [-0.39, 0.29) is 11.6 Å². The fraction of sp³-hybridized carbons (Fsp3) is 0.529. The minimum atomic E-state index is -0.948. The van der Waals surface area contributed by atoms with Gasteiger partial charge < -0.3 is 20.6 Å². The SMILES string of the molecule is O=C(NCCCN1CCCCC1)NCc1ccc(C(=O)O)cc1. The molecular formula is C17H25N3O3. The van der Waals surface area contributed by atoms with Gasteiger partial charge in [-0.05, 0) is 56.6 Å². The molecule has 1 aliphatic rings. The highest BCUT2D eigenvalue weighted by molar-refractivity contribution is 5.87. The van der Waals surface area contributed by atoms with Crippen LogP contribution in [-0.4, -0.2) is 48.2 Å². The topological polar surface area (TPSA) is 81.7 Å². The smallest absolute Gasteiger partial charge is 0.335 e. The third kappa shape index (κ3) is 6.28. The number of urea groups is 1. The molecule has 0 unspecified atom stereocenters. The largest absolute Gasteiger partial charge is 0.478 e. The number of benzene rings is 1. The Kier molecular flexibility index (Phi) is 6.87. The number of aromatic carboxylic acids is 1. The molecule has 23 heavy (non-hydrogen) atoms. The standard InChI is InChI=1S/C17H25N3O3/c21-16(22)15-7-5-14(6-8-15)13-19-17(23)18-9-4-12-20-10-2-1-3-11-20/h5-8H,1-4,9-13H2,(H,21,22)(H2,18,19,23). The zero-order valence-corrected chi connectivity index (χ0v) is 13.4. The van der Waals surface area contributed by atoms with Crippen molar-refractivity contribution in [2.75, 3.05) is 26.2 Å². The minimum absolute atomic E-state index is 0.189. The van der Waals surface area contributed by atoms with Crippen molar-refractivity contribution in [2.45, 2.75) is 32.2 Å². The maximum Gasteiger partial charge on any atom is 0.335 e. The molecule has 0 atom stereocenters. The Bertz CT molecular complexity index is 510. The summed E-state index contributed by atoms with van der Waals surface area (Å²) in [5, 5.41) is 14.5. The summed E-state index contributed by atoms with van der Waals surface area (Å²) < 4.78 is 0. The predicted octanol–water partition coefficient (Wildman–Crippen LogP) is 2.06. The summed E-state index contributed by atoms with van der Waals surface area (Å²) in [7, 11) is 0. The summed E-state index contributed by atoms with van der Waals surface area (Å²) in [6, 6.07) is 6.30. The van der Waals surface area contributed by atoms with Gasteiger partial charge in [0.05, 0.1) is 5.56 Å². The van der Waals surface area contributed by atoms with Gasteiger partial charge in [-0.2, -0.15) is 0 Å². The van der Waals surface area contributed by atoms with E-state index in [1.54, 1.807) is 12.1 Å². The molecule has 3 N–H and O–H groups in total. The van der Waals surface area contributed by atoms with Crippen LogP contribution in [0, 0.1) is 0 Å². The molecule has 1 heterocycles. The molecule has 0 saturated carbocycles. The second-order valence-electron chi connectivity index (χ2n) is 5.87. The van der Waals surface area contributed by atoms with E-state index >= 15 is 0 Å². The van der Waals surface area contributed by atoms with Crippen LogP contribution in [0.1, 0.15) is 41.6 Å². The van der Waals surface area contributed by atoms with E-state index in [2.05, 4.69) is 15.5 Å². The number of nitrogens with zero attached hydrogens (tertiary/aromatic N) is 1. The molecule has 1 saturated heterocycles. The van der Waals surface area contributed by atoms with Crippen molar-refractivity contribution in [3.05, 3.63) is 35.4 Å². The van der Waals surface area contributed by atoms with Gasteiger partial charge in [-0.25, -0.2) is 9.59 Å². The minimum Gasteiger partial charge on any atom is -0.478 e. The van der Waals surface area contributed by atoms with Gasteiger partial charge in [0.1, 0.15) is 0 Å². The van der Waals surface area contributed by atoms with Crippen LogP contribution in [-0.2, 0) is 6.54 Å². The summed E-state index contributed by atoms with van der Waals surface area (Å²) >= 11 is 0. The molecule has 126 valence electrons. The molecule has 2 rings (SSSR count). The molecular weight excluding hydrogens is 294 g/mol. The van der Waals surface area contributed by atoms with Crippen LogP contribution in [0.5, 0.6) is 0 Å². The fourth-order valence-corrected chi connectivity index (χ4v) is 2.70. The van der Waals surface area contributed by atoms with E-state index < -0.39 is 5.97 Å². The lowest BCUT2D eigenvalue weighted by molar-refractivity contribution is 0.0697. The number of amides is 2. The van der Waals surface area contributed by atoms with E-state index in [0.29, 0.717) is 13.1 Å². The number of hydrogen-bond donors (Lipinski definition) is 3. The first-order chi connectivity index (χ1) is 11.1. The average molecular weight is 319 g/mol. The highest BCUT2D eigenvalue weighted by Crippen LogP contribution is 2.08. The van der Waals surface area contributed by atoms with E-state index in [0.717, 1.165) is 18.5 Å². The molecule has 6 heteroatoms. The van der Waals surface area contributed by atoms with Crippen LogP contribution in [0.3, 0.4) is 0 Å². The Hall–Kier alpha value is -2.08. The Labute approximate surface area is 136 Å². The quantitative estimate of drug-likeness (QED) is 0.672.